The van der Waals surface area contributed by atoms with Gasteiger partial charge < -0.3 is 5.32 Å². The van der Waals surface area contributed by atoms with Crippen LogP contribution in [0.15, 0.2) is 0 Å². The van der Waals surface area contributed by atoms with E-state index in [0.717, 1.165) is 17.5 Å². The van der Waals surface area contributed by atoms with E-state index in [9.17, 15) is 0 Å². The highest BCUT2D eigenvalue weighted by Gasteiger charge is 2.37. The first kappa shape index (κ1) is 12.4. The zero-order valence-electron chi connectivity index (χ0n) is 11.2. The lowest BCUT2D eigenvalue weighted by atomic mass is 9.71. The lowest BCUT2D eigenvalue weighted by molar-refractivity contribution is 0.161. The van der Waals surface area contributed by atoms with Crippen molar-refractivity contribution in [1.29, 1.82) is 0 Å². The fourth-order valence-corrected chi connectivity index (χ4v) is 3.88. The number of hydrogen-bond acceptors (Lipinski definition) is 1. The summed E-state index contributed by atoms with van der Waals surface area (Å²) in [6, 6.07) is 1.60. The monoisotopic (exact) mass is 223 g/mol. The van der Waals surface area contributed by atoms with Gasteiger partial charge in [0, 0.05) is 12.1 Å². The van der Waals surface area contributed by atoms with E-state index in [1.165, 1.54) is 64.2 Å². The van der Waals surface area contributed by atoms with Crippen LogP contribution in [0.2, 0.25) is 0 Å². The van der Waals surface area contributed by atoms with Crippen molar-refractivity contribution in [3.63, 3.8) is 0 Å². The second-order valence-corrected chi connectivity index (χ2v) is 6.16. The molecule has 1 heteroatoms. The summed E-state index contributed by atoms with van der Waals surface area (Å²) >= 11 is 0. The lowest BCUT2D eigenvalue weighted by Gasteiger charge is -2.38. The highest BCUT2D eigenvalue weighted by Crippen LogP contribution is 2.48. The van der Waals surface area contributed by atoms with Gasteiger partial charge in [0.15, 0.2) is 0 Å². The summed E-state index contributed by atoms with van der Waals surface area (Å²) in [4.78, 5) is 0. The van der Waals surface area contributed by atoms with E-state index < -0.39 is 0 Å². The largest absolute Gasteiger partial charge is 0.311 e. The summed E-state index contributed by atoms with van der Waals surface area (Å²) in [7, 11) is 0. The molecular formula is C15H29N. The summed E-state index contributed by atoms with van der Waals surface area (Å²) in [5, 5.41) is 3.86. The van der Waals surface area contributed by atoms with Crippen molar-refractivity contribution >= 4 is 0 Å². The Kier molecular flexibility index (Phi) is 4.29. The molecule has 0 atom stereocenters. The Labute approximate surface area is 101 Å². The SMILES string of the molecule is CCC(CC)NC1CCC2(CCCC2)CC1. The predicted molar refractivity (Wildman–Crippen MR) is 70.7 cm³/mol. The van der Waals surface area contributed by atoms with Gasteiger partial charge in [-0.1, -0.05) is 26.7 Å². The Bertz CT molecular complexity index is 191. The molecule has 1 spiro atoms. The van der Waals surface area contributed by atoms with Crippen LogP contribution in [-0.4, -0.2) is 12.1 Å². The van der Waals surface area contributed by atoms with Gasteiger partial charge in [-0.15, -0.1) is 0 Å². The van der Waals surface area contributed by atoms with Crippen LogP contribution >= 0.6 is 0 Å². The molecule has 16 heavy (non-hydrogen) atoms. The summed E-state index contributed by atoms with van der Waals surface area (Å²) in [6.07, 6.45) is 14.5. The Morgan fingerprint density at radius 1 is 1.00 bits per heavy atom. The highest BCUT2D eigenvalue weighted by molar-refractivity contribution is 4.91. The molecule has 0 aromatic carbocycles. The molecule has 2 aliphatic rings. The van der Waals surface area contributed by atoms with Crippen LogP contribution in [0.1, 0.15) is 78.1 Å². The summed E-state index contributed by atoms with van der Waals surface area (Å²) in [5.74, 6) is 0. The molecular weight excluding hydrogens is 194 g/mol. The van der Waals surface area contributed by atoms with Crippen LogP contribution in [0.25, 0.3) is 0 Å². The fourth-order valence-electron chi connectivity index (χ4n) is 3.88. The maximum atomic E-state index is 3.86. The maximum Gasteiger partial charge on any atom is 0.00700 e. The fraction of sp³-hybridized carbons (Fsp3) is 1.00. The first-order chi connectivity index (χ1) is 7.78. The molecule has 0 radical (unpaired) electrons. The Balaban J connectivity index is 1.76. The zero-order chi connectivity index (χ0) is 11.4. The number of nitrogens with one attached hydrogen (secondary N) is 1. The van der Waals surface area contributed by atoms with Crippen LogP contribution in [0.4, 0.5) is 0 Å². The van der Waals surface area contributed by atoms with Gasteiger partial charge in [0.2, 0.25) is 0 Å². The van der Waals surface area contributed by atoms with Gasteiger partial charge in [0.05, 0.1) is 0 Å². The molecule has 1 N–H and O–H groups in total. The molecule has 0 aromatic heterocycles. The Morgan fingerprint density at radius 3 is 2.06 bits per heavy atom. The Morgan fingerprint density at radius 2 is 1.56 bits per heavy atom. The minimum atomic E-state index is 0.766. The van der Waals surface area contributed by atoms with E-state index in [0.29, 0.717) is 0 Å². The van der Waals surface area contributed by atoms with E-state index in [4.69, 9.17) is 0 Å². The summed E-state index contributed by atoms with van der Waals surface area (Å²) in [6.45, 7) is 4.62. The molecule has 2 fully saturated rings. The van der Waals surface area contributed by atoms with Crippen molar-refractivity contribution in [3.8, 4) is 0 Å². The van der Waals surface area contributed by atoms with Crippen LogP contribution in [0, 0.1) is 5.41 Å². The molecule has 0 bridgehead atoms. The molecule has 2 aliphatic carbocycles. The van der Waals surface area contributed by atoms with Crippen molar-refractivity contribution in [3.05, 3.63) is 0 Å². The van der Waals surface area contributed by atoms with Crippen LogP contribution in [0.5, 0.6) is 0 Å². The molecule has 2 rings (SSSR count). The van der Waals surface area contributed by atoms with E-state index in [-0.39, 0.29) is 0 Å². The average molecular weight is 223 g/mol. The van der Waals surface area contributed by atoms with E-state index in [1.807, 2.05) is 0 Å². The van der Waals surface area contributed by atoms with Crippen LogP contribution < -0.4 is 5.32 Å². The van der Waals surface area contributed by atoms with Gasteiger partial charge >= 0.3 is 0 Å². The third-order valence-corrected chi connectivity index (χ3v) is 5.17. The van der Waals surface area contributed by atoms with Crippen molar-refractivity contribution in [2.45, 2.75) is 90.1 Å². The van der Waals surface area contributed by atoms with Gasteiger partial charge in [-0.25, -0.2) is 0 Å². The molecule has 94 valence electrons. The van der Waals surface area contributed by atoms with Gasteiger partial charge in [-0.2, -0.15) is 0 Å². The number of hydrogen-bond donors (Lipinski definition) is 1. The zero-order valence-corrected chi connectivity index (χ0v) is 11.2. The predicted octanol–water partition coefficient (Wildman–Crippen LogP) is 4.27. The second-order valence-electron chi connectivity index (χ2n) is 6.16. The van der Waals surface area contributed by atoms with Gasteiger partial charge in [0.25, 0.3) is 0 Å². The third-order valence-electron chi connectivity index (χ3n) is 5.17. The lowest BCUT2D eigenvalue weighted by Crippen LogP contribution is -2.41. The second kappa shape index (κ2) is 5.53. The Hall–Kier alpha value is -0.0400. The topological polar surface area (TPSA) is 12.0 Å². The van der Waals surface area contributed by atoms with Gasteiger partial charge in [0.1, 0.15) is 0 Å². The standard InChI is InChI=1S/C15H29N/c1-3-13(4-2)16-14-7-11-15(12-8-14)9-5-6-10-15/h13-14,16H,3-12H2,1-2H3. The molecule has 1 nitrogen and oxygen atoms in total. The van der Waals surface area contributed by atoms with E-state index in [2.05, 4.69) is 19.2 Å². The quantitative estimate of drug-likeness (QED) is 0.750. The van der Waals surface area contributed by atoms with E-state index >= 15 is 0 Å². The van der Waals surface area contributed by atoms with Gasteiger partial charge in [-0.05, 0) is 56.8 Å². The van der Waals surface area contributed by atoms with Crippen LogP contribution in [0.3, 0.4) is 0 Å². The molecule has 0 saturated heterocycles. The molecule has 0 aliphatic heterocycles. The van der Waals surface area contributed by atoms with Gasteiger partial charge in [-0.3, -0.25) is 0 Å². The van der Waals surface area contributed by atoms with Crippen molar-refractivity contribution in [2.24, 2.45) is 5.41 Å². The van der Waals surface area contributed by atoms with Crippen molar-refractivity contribution < 1.29 is 0 Å². The normalized spacial score (nSPS) is 25.7. The minimum Gasteiger partial charge on any atom is -0.311 e. The molecule has 0 unspecified atom stereocenters. The third kappa shape index (κ3) is 2.80. The molecule has 2 saturated carbocycles. The smallest absolute Gasteiger partial charge is 0.00700 e. The number of rotatable bonds is 4. The van der Waals surface area contributed by atoms with Crippen LogP contribution in [-0.2, 0) is 0 Å². The molecule has 0 aromatic rings. The molecule has 0 heterocycles. The highest BCUT2D eigenvalue weighted by atomic mass is 14.9. The first-order valence-corrected chi connectivity index (χ1v) is 7.54. The molecule has 0 amide bonds. The van der Waals surface area contributed by atoms with Crippen molar-refractivity contribution in [1.82, 2.24) is 5.32 Å². The minimum absolute atomic E-state index is 0.766. The first-order valence-electron chi connectivity index (χ1n) is 7.54. The van der Waals surface area contributed by atoms with Crippen molar-refractivity contribution in [2.75, 3.05) is 0 Å². The summed E-state index contributed by atoms with van der Waals surface area (Å²) < 4.78 is 0. The van der Waals surface area contributed by atoms with E-state index in [1.54, 1.807) is 0 Å². The average Bonchev–Trinajstić information content (AvgIpc) is 2.77. The maximum absolute atomic E-state index is 3.86. The summed E-state index contributed by atoms with van der Waals surface area (Å²) in [5.41, 5.74) is 0.798.